The van der Waals surface area contributed by atoms with Crippen LogP contribution < -0.4 is 10.2 Å². The molecule has 1 aliphatic rings. The summed E-state index contributed by atoms with van der Waals surface area (Å²) in [5, 5.41) is 5.52. The molecule has 0 fully saturated rings. The predicted octanol–water partition coefficient (Wildman–Crippen LogP) is 4.50. The molecule has 0 saturated heterocycles. The van der Waals surface area contributed by atoms with Gasteiger partial charge in [-0.05, 0) is 61.6 Å². The number of rotatable bonds is 5. The molecular weight excluding hydrogens is 382 g/mol. The van der Waals surface area contributed by atoms with Crippen molar-refractivity contribution in [3.8, 4) is 5.75 Å². The van der Waals surface area contributed by atoms with Crippen LogP contribution in [0.1, 0.15) is 29.5 Å². The standard InChI is InChI=1S/C23H23N3O2S/c1-15-12-18-17(13-20(15)28-2)7-3-9-19(18)25-26-22(27)14-29-21-10-4-6-16-8-5-11-24-23(16)21/h4-6,8,10-13H,3,7,9,14H2,1-2H3,(H,26,27)/b25-19-. The van der Waals surface area contributed by atoms with Crippen LogP contribution in [-0.4, -0.2) is 29.5 Å². The summed E-state index contributed by atoms with van der Waals surface area (Å²) < 4.78 is 5.43. The molecule has 0 bridgehead atoms. The second-order valence-electron chi connectivity index (χ2n) is 7.05. The van der Waals surface area contributed by atoms with Crippen molar-refractivity contribution in [2.24, 2.45) is 5.10 Å². The molecule has 148 valence electrons. The van der Waals surface area contributed by atoms with Crippen molar-refractivity contribution in [2.75, 3.05) is 12.9 Å². The molecule has 1 N–H and O–H groups in total. The summed E-state index contributed by atoms with van der Waals surface area (Å²) in [5.41, 5.74) is 8.00. The van der Waals surface area contributed by atoms with Crippen LogP contribution >= 0.6 is 11.8 Å². The van der Waals surface area contributed by atoms with E-state index in [1.54, 1.807) is 13.3 Å². The Kier molecular flexibility index (Phi) is 5.81. The highest BCUT2D eigenvalue weighted by atomic mass is 32.2. The molecule has 1 amide bonds. The first-order valence-electron chi connectivity index (χ1n) is 9.65. The normalized spacial score (nSPS) is 14.6. The fourth-order valence-corrected chi connectivity index (χ4v) is 4.45. The molecule has 0 saturated carbocycles. The minimum absolute atomic E-state index is 0.118. The Balaban J connectivity index is 1.45. The molecular formula is C23H23N3O2S. The summed E-state index contributed by atoms with van der Waals surface area (Å²) >= 11 is 1.48. The predicted molar refractivity (Wildman–Crippen MR) is 118 cm³/mol. The van der Waals surface area contributed by atoms with Crippen LogP contribution in [0.25, 0.3) is 10.9 Å². The minimum Gasteiger partial charge on any atom is -0.496 e. The van der Waals surface area contributed by atoms with E-state index in [4.69, 9.17) is 4.74 Å². The van der Waals surface area contributed by atoms with Crippen LogP contribution in [-0.2, 0) is 11.2 Å². The van der Waals surface area contributed by atoms with Crippen LogP contribution in [0.3, 0.4) is 0 Å². The van der Waals surface area contributed by atoms with Gasteiger partial charge in [-0.1, -0.05) is 18.2 Å². The van der Waals surface area contributed by atoms with Crippen molar-refractivity contribution >= 4 is 34.3 Å². The van der Waals surface area contributed by atoms with Gasteiger partial charge in [0.1, 0.15) is 5.75 Å². The molecule has 6 heteroatoms. The monoisotopic (exact) mass is 405 g/mol. The average Bonchev–Trinajstić information content (AvgIpc) is 2.75. The third-order valence-electron chi connectivity index (χ3n) is 5.06. The number of hydrogen-bond acceptors (Lipinski definition) is 5. The highest BCUT2D eigenvalue weighted by Gasteiger charge is 2.18. The van der Waals surface area contributed by atoms with E-state index >= 15 is 0 Å². The number of aromatic nitrogens is 1. The van der Waals surface area contributed by atoms with Crippen molar-refractivity contribution in [1.82, 2.24) is 10.4 Å². The van der Waals surface area contributed by atoms with Gasteiger partial charge in [0.2, 0.25) is 5.91 Å². The third kappa shape index (κ3) is 4.27. The summed E-state index contributed by atoms with van der Waals surface area (Å²) in [7, 11) is 1.69. The van der Waals surface area contributed by atoms with Crippen LogP contribution in [0.15, 0.2) is 58.7 Å². The molecule has 0 aliphatic heterocycles. The number of amides is 1. The molecule has 1 aliphatic carbocycles. The van der Waals surface area contributed by atoms with Gasteiger partial charge < -0.3 is 4.74 Å². The summed E-state index contributed by atoms with van der Waals surface area (Å²) in [6.45, 7) is 2.03. The zero-order valence-corrected chi connectivity index (χ0v) is 17.4. The number of fused-ring (bicyclic) bond motifs is 2. The number of para-hydroxylation sites is 1. The fraction of sp³-hybridized carbons (Fsp3) is 0.261. The third-order valence-corrected chi connectivity index (χ3v) is 6.11. The summed E-state index contributed by atoms with van der Waals surface area (Å²) in [6.07, 6.45) is 4.66. The van der Waals surface area contributed by atoms with Crippen molar-refractivity contribution in [3.05, 3.63) is 65.4 Å². The highest BCUT2D eigenvalue weighted by Crippen LogP contribution is 2.29. The van der Waals surface area contributed by atoms with Crippen molar-refractivity contribution < 1.29 is 9.53 Å². The Morgan fingerprint density at radius 3 is 2.97 bits per heavy atom. The molecule has 5 nitrogen and oxygen atoms in total. The van der Waals surface area contributed by atoms with Crippen LogP contribution in [0.5, 0.6) is 5.75 Å². The maximum absolute atomic E-state index is 12.4. The van der Waals surface area contributed by atoms with E-state index in [-0.39, 0.29) is 5.91 Å². The van der Waals surface area contributed by atoms with Gasteiger partial charge in [0.05, 0.1) is 24.1 Å². The van der Waals surface area contributed by atoms with Gasteiger partial charge in [-0.25, -0.2) is 5.43 Å². The topological polar surface area (TPSA) is 63.6 Å². The molecule has 1 heterocycles. The van der Waals surface area contributed by atoms with Gasteiger partial charge in [-0.15, -0.1) is 11.8 Å². The van der Waals surface area contributed by atoms with Crippen molar-refractivity contribution in [2.45, 2.75) is 31.1 Å². The summed E-state index contributed by atoms with van der Waals surface area (Å²) in [5.74, 6) is 1.07. The smallest absolute Gasteiger partial charge is 0.250 e. The zero-order chi connectivity index (χ0) is 20.2. The molecule has 0 radical (unpaired) electrons. The maximum atomic E-state index is 12.4. The number of hydrazone groups is 1. The Labute approximate surface area is 174 Å². The number of nitrogens with zero attached hydrogens (tertiary/aromatic N) is 2. The van der Waals surface area contributed by atoms with Crippen LogP contribution in [0.4, 0.5) is 0 Å². The van der Waals surface area contributed by atoms with Crippen LogP contribution in [0, 0.1) is 6.92 Å². The summed E-state index contributed by atoms with van der Waals surface area (Å²) in [4.78, 5) is 17.8. The molecule has 0 spiro atoms. The SMILES string of the molecule is COc1cc2c(cc1C)/C(=N\NC(=O)CSc1cccc3cccnc13)CCC2. The average molecular weight is 406 g/mol. The van der Waals surface area contributed by atoms with Crippen molar-refractivity contribution in [3.63, 3.8) is 0 Å². The minimum atomic E-state index is -0.118. The van der Waals surface area contributed by atoms with E-state index < -0.39 is 0 Å². The second kappa shape index (κ2) is 8.66. The lowest BCUT2D eigenvalue weighted by Gasteiger charge is -2.20. The number of pyridine rings is 1. The van der Waals surface area contributed by atoms with E-state index in [0.29, 0.717) is 5.75 Å². The van der Waals surface area contributed by atoms with Crippen LogP contribution in [0.2, 0.25) is 0 Å². The Morgan fingerprint density at radius 1 is 1.24 bits per heavy atom. The number of ether oxygens (including phenoxy) is 1. The molecule has 29 heavy (non-hydrogen) atoms. The fourth-order valence-electron chi connectivity index (χ4n) is 3.62. The van der Waals surface area contributed by atoms with E-state index in [2.05, 4.69) is 27.6 Å². The second-order valence-corrected chi connectivity index (χ2v) is 8.06. The lowest BCUT2D eigenvalue weighted by atomic mass is 9.88. The number of carbonyl (C=O) groups is 1. The first kappa shape index (κ1) is 19.5. The molecule has 4 rings (SSSR count). The molecule has 3 aromatic rings. The van der Waals surface area contributed by atoms with Gasteiger partial charge in [0, 0.05) is 22.0 Å². The molecule has 2 aromatic carbocycles. The number of methoxy groups -OCH3 is 1. The molecule has 1 aromatic heterocycles. The first-order valence-corrected chi connectivity index (χ1v) is 10.6. The van der Waals surface area contributed by atoms with Gasteiger partial charge in [-0.3, -0.25) is 9.78 Å². The first-order chi connectivity index (χ1) is 14.2. The summed E-state index contributed by atoms with van der Waals surface area (Å²) in [6, 6.07) is 14.1. The quantitative estimate of drug-likeness (QED) is 0.501. The van der Waals surface area contributed by atoms with Gasteiger partial charge in [-0.2, -0.15) is 5.10 Å². The van der Waals surface area contributed by atoms with E-state index in [1.165, 1.54) is 17.3 Å². The van der Waals surface area contributed by atoms with E-state index in [1.807, 2.05) is 37.3 Å². The van der Waals surface area contributed by atoms with E-state index in [0.717, 1.165) is 57.6 Å². The lowest BCUT2D eigenvalue weighted by Crippen LogP contribution is -2.23. The Bertz CT molecular complexity index is 1090. The van der Waals surface area contributed by atoms with Gasteiger partial charge in [0.25, 0.3) is 0 Å². The Hall–Kier alpha value is -2.86. The number of hydrogen-bond donors (Lipinski definition) is 1. The largest absolute Gasteiger partial charge is 0.496 e. The molecule has 0 unspecified atom stereocenters. The maximum Gasteiger partial charge on any atom is 0.250 e. The number of benzene rings is 2. The van der Waals surface area contributed by atoms with Crippen molar-refractivity contribution in [1.29, 1.82) is 0 Å². The highest BCUT2D eigenvalue weighted by molar-refractivity contribution is 8.00. The Morgan fingerprint density at radius 2 is 2.10 bits per heavy atom. The van der Waals surface area contributed by atoms with E-state index in [9.17, 15) is 4.79 Å². The molecule has 0 atom stereocenters. The van der Waals surface area contributed by atoms with Gasteiger partial charge in [0.15, 0.2) is 0 Å². The lowest BCUT2D eigenvalue weighted by molar-refractivity contribution is -0.118. The number of nitrogens with one attached hydrogen (secondary N) is 1. The van der Waals surface area contributed by atoms with Gasteiger partial charge >= 0.3 is 0 Å². The number of aryl methyl sites for hydroxylation is 2. The number of thioether (sulfide) groups is 1. The zero-order valence-electron chi connectivity index (χ0n) is 16.6. The number of carbonyl (C=O) groups excluding carboxylic acids is 1.